The van der Waals surface area contributed by atoms with Crippen molar-refractivity contribution in [3.05, 3.63) is 156 Å². The summed E-state index contributed by atoms with van der Waals surface area (Å²) in [4.78, 5) is 10.0. The molecule has 2 aromatic carbocycles. The van der Waals surface area contributed by atoms with Gasteiger partial charge in [0.2, 0.25) is 0 Å². The molecule has 2 unspecified atom stereocenters. The molecule has 2 heteroatoms. The van der Waals surface area contributed by atoms with Crippen LogP contribution in [0.5, 0.6) is 0 Å². The van der Waals surface area contributed by atoms with E-state index in [4.69, 9.17) is 9.97 Å². The Hall–Kier alpha value is -4.30. The molecule has 0 saturated heterocycles. The monoisotopic (exact) mass is 538 g/mol. The minimum Gasteiger partial charge on any atom is -0.232 e. The molecule has 1 aromatic heterocycles. The van der Waals surface area contributed by atoms with Crippen molar-refractivity contribution in [3.63, 3.8) is 0 Å². The van der Waals surface area contributed by atoms with E-state index in [1.54, 1.807) is 0 Å². The third kappa shape index (κ3) is 6.72. The van der Waals surface area contributed by atoms with Crippen LogP contribution in [0.15, 0.2) is 134 Å². The summed E-state index contributed by atoms with van der Waals surface area (Å²) in [5.74, 6) is 1.12. The maximum atomic E-state index is 5.08. The zero-order valence-electron chi connectivity index (χ0n) is 25.3. The van der Waals surface area contributed by atoms with Crippen LogP contribution in [0.2, 0.25) is 0 Å². The molecule has 0 spiro atoms. The summed E-state index contributed by atoms with van der Waals surface area (Å²) in [7, 11) is 0. The van der Waals surface area contributed by atoms with E-state index in [0.717, 1.165) is 22.5 Å². The second-order valence-corrected chi connectivity index (χ2v) is 11.0. The van der Waals surface area contributed by atoms with Gasteiger partial charge < -0.3 is 0 Å². The highest BCUT2D eigenvalue weighted by Gasteiger charge is 2.30. The first-order valence-electron chi connectivity index (χ1n) is 14.5. The highest BCUT2D eigenvalue weighted by molar-refractivity contribution is 5.75. The molecular weight excluding hydrogens is 496 g/mol. The Bertz CT molecular complexity index is 1540. The van der Waals surface area contributed by atoms with E-state index in [1.165, 1.54) is 22.3 Å². The number of rotatable bonds is 9. The maximum absolute atomic E-state index is 5.08. The van der Waals surface area contributed by atoms with E-state index in [2.05, 4.69) is 118 Å². The minimum atomic E-state index is -0.123. The van der Waals surface area contributed by atoms with Gasteiger partial charge in [0, 0.05) is 16.9 Å². The Labute approximate surface area is 247 Å². The van der Waals surface area contributed by atoms with Crippen LogP contribution in [0.3, 0.4) is 0 Å². The van der Waals surface area contributed by atoms with E-state index in [-0.39, 0.29) is 17.3 Å². The summed E-state index contributed by atoms with van der Waals surface area (Å²) >= 11 is 0. The molecule has 0 fully saturated rings. The lowest BCUT2D eigenvalue weighted by molar-refractivity contribution is 0.571. The minimum absolute atomic E-state index is 0.123. The lowest BCUT2D eigenvalue weighted by Gasteiger charge is -2.32. The average Bonchev–Trinajstić information content (AvgIpc) is 3.00. The van der Waals surface area contributed by atoms with Crippen molar-refractivity contribution in [2.45, 2.75) is 52.9 Å². The van der Waals surface area contributed by atoms with E-state index in [9.17, 15) is 0 Å². The molecule has 0 radical (unpaired) electrons. The molecule has 0 saturated carbocycles. The third-order valence-corrected chi connectivity index (χ3v) is 7.91. The SMILES string of the molecule is C=C/C(=C\C=C/C)c1nc(C(/C=C\C)=C/C)cc(C2C=CC(C(C)(C)c3ccc(-c4ccccc4)cc3)=CC2C)n1. The summed E-state index contributed by atoms with van der Waals surface area (Å²) in [5.41, 5.74) is 8.92. The largest absolute Gasteiger partial charge is 0.232 e. The van der Waals surface area contributed by atoms with Gasteiger partial charge in [-0.15, -0.1) is 0 Å². The zero-order valence-corrected chi connectivity index (χ0v) is 25.3. The smallest absolute Gasteiger partial charge is 0.160 e. The fourth-order valence-electron chi connectivity index (χ4n) is 5.34. The van der Waals surface area contributed by atoms with Gasteiger partial charge in [-0.1, -0.05) is 143 Å². The molecular formula is C39H42N2. The normalized spacial score (nSPS) is 18.2. The first-order valence-corrected chi connectivity index (χ1v) is 14.5. The fraction of sp³-hybridized carbons (Fsp3) is 0.231. The van der Waals surface area contributed by atoms with Crippen molar-refractivity contribution < 1.29 is 0 Å². The number of benzene rings is 2. The molecule has 4 rings (SSSR count). The molecule has 1 heterocycles. The van der Waals surface area contributed by atoms with Crippen molar-refractivity contribution >= 4 is 11.1 Å². The molecule has 2 nitrogen and oxygen atoms in total. The molecule has 208 valence electrons. The molecule has 0 N–H and O–H groups in total. The predicted molar refractivity (Wildman–Crippen MR) is 178 cm³/mol. The van der Waals surface area contributed by atoms with Crippen LogP contribution in [-0.4, -0.2) is 9.97 Å². The summed E-state index contributed by atoms with van der Waals surface area (Å²) in [6, 6.07) is 21.7. The first kappa shape index (κ1) is 29.7. The Kier molecular flexibility index (Phi) is 9.68. The van der Waals surface area contributed by atoms with Crippen LogP contribution >= 0.6 is 0 Å². The van der Waals surface area contributed by atoms with E-state index in [1.807, 2.05) is 51.2 Å². The topological polar surface area (TPSA) is 25.8 Å². The van der Waals surface area contributed by atoms with E-state index >= 15 is 0 Å². The van der Waals surface area contributed by atoms with Gasteiger partial charge in [0.05, 0.1) is 11.4 Å². The van der Waals surface area contributed by atoms with Crippen LogP contribution in [-0.2, 0) is 5.41 Å². The third-order valence-electron chi connectivity index (χ3n) is 7.91. The van der Waals surface area contributed by atoms with Crippen molar-refractivity contribution in [2.75, 3.05) is 0 Å². The Morgan fingerprint density at radius 2 is 1.59 bits per heavy atom. The number of allylic oxidation sites excluding steroid dienone is 13. The summed E-state index contributed by atoms with van der Waals surface area (Å²) in [5, 5.41) is 0. The molecule has 3 aromatic rings. The van der Waals surface area contributed by atoms with Crippen LogP contribution < -0.4 is 0 Å². The van der Waals surface area contributed by atoms with Gasteiger partial charge in [-0.3, -0.25) is 0 Å². The van der Waals surface area contributed by atoms with Gasteiger partial charge in [0.25, 0.3) is 0 Å². The Morgan fingerprint density at radius 1 is 0.878 bits per heavy atom. The molecule has 0 amide bonds. The summed E-state index contributed by atoms with van der Waals surface area (Å²) < 4.78 is 0. The molecule has 41 heavy (non-hydrogen) atoms. The van der Waals surface area contributed by atoms with Crippen molar-refractivity contribution in [1.29, 1.82) is 0 Å². The number of hydrogen-bond donors (Lipinski definition) is 0. The van der Waals surface area contributed by atoms with Gasteiger partial charge in [0.15, 0.2) is 5.82 Å². The molecule has 2 atom stereocenters. The average molecular weight is 539 g/mol. The number of aromatic nitrogens is 2. The van der Waals surface area contributed by atoms with Gasteiger partial charge in [-0.2, -0.15) is 0 Å². The Balaban J connectivity index is 1.68. The fourth-order valence-corrected chi connectivity index (χ4v) is 5.34. The lowest BCUT2D eigenvalue weighted by atomic mass is 9.72. The second kappa shape index (κ2) is 13.4. The molecule has 0 bridgehead atoms. The van der Waals surface area contributed by atoms with Crippen molar-refractivity contribution in [2.24, 2.45) is 5.92 Å². The molecule has 0 aliphatic heterocycles. The number of hydrogen-bond acceptors (Lipinski definition) is 2. The van der Waals surface area contributed by atoms with Crippen molar-refractivity contribution in [3.8, 4) is 11.1 Å². The van der Waals surface area contributed by atoms with Gasteiger partial charge in [0.1, 0.15) is 0 Å². The lowest BCUT2D eigenvalue weighted by Crippen LogP contribution is -2.23. The standard InChI is InChI=1S/C39H42N2/c1-8-12-17-30(11-4)38-40-36(29(10-3)16-9-2)27-37(41-38)35-25-24-34(26-28(35)5)39(6,7)33-22-20-32(21-23-33)31-18-14-13-15-19-31/h8-28,35H,4H2,1-3,5-7H3/b12-8-,16-9-,29-10+,30-17+. The summed E-state index contributed by atoms with van der Waals surface area (Å²) in [6.07, 6.45) is 21.1. The highest BCUT2D eigenvalue weighted by atomic mass is 14.9. The van der Waals surface area contributed by atoms with Gasteiger partial charge >= 0.3 is 0 Å². The quantitative estimate of drug-likeness (QED) is 0.253. The second-order valence-electron chi connectivity index (χ2n) is 11.0. The number of nitrogens with zero attached hydrogens (tertiary/aromatic N) is 2. The first-order chi connectivity index (χ1) is 19.8. The molecule has 1 aliphatic carbocycles. The highest BCUT2D eigenvalue weighted by Crippen LogP contribution is 2.40. The van der Waals surface area contributed by atoms with Gasteiger partial charge in [-0.05, 0) is 60.6 Å². The van der Waals surface area contributed by atoms with Crippen molar-refractivity contribution in [1.82, 2.24) is 9.97 Å². The zero-order chi connectivity index (χ0) is 29.4. The van der Waals surface area contributed by atoms with Crippen LogP contribution in [0.1, 0.15) is 70.2 Å². The summed E-state index contributed by atoms with van der Waals surface area (Å²) in [6.45, 7) is 17.0. The van der Waals surface area contributed by atoms with Crippen LogP contribution in [0, 0.1) is 5.92 Å². The predicted octanol–water partition coefficient (Wildman–Crippen LogP) is 10.5. The molecule has 1 aliphatic rings. The van der Waals surface area contributed by atoms with Crippen LogP contribution in [0.25, 0.3) is 22.3 Å². The Morgan fingerprint density at radius 3 is 2.20 bits per heavy atom. The van der Waals surface area contributed by atoms with E-state index in [0.29, 0.717) is 5.82 Å². The maximum Gasteiger partial charge on any atom is 0.160 e. The van der Waals surface area contributed by atoms with Crippen LogP contribution in [0.4, 0.5) is 0 Å². The van der Waals surface area contributed by atoms with Gasteiger partial charge in [-0.25, -0.2) is 9.97 Å². The van der Waals surface area contributed by atoms with E-state index < -0.39 is 0 Å².